The van der Waals surface area contributed by atoms with E-state index >= 15 is 0 Å². The van der Waals surface area contributed by atoms with Crippen molar-refractivity contribution in [3.05, 3.63) is 24.3 Å². The van der Waals surface area contributed by atoms with Gasteiger partial charge in [0.15, 0.2) is 0 Å². The molecule has 0 aromatic carbocycles. The van der Waals surface area contributed by atoms with Crippen molar-refractivity contribution in [2.75, 3.05) is 7.05 Å². The normalized spacial score (nSPS) is 27.8. The third kappa shape index (κ3) is 1.70. The molecule has 1 saturated carbocycles. The van der Waals surface area contributed by atoms with Crippen LogP contribution < -0.4 is 5.32 Å². The molecule has 1 aliphatic rings. The van der Waals surface area contributed by atoms with Crippen molar-refractivity contribution in [2.45, 2.75) is 31.2 Å². The SMILES string of the molecule is CNC1CCCC1c1cncnc1. The van der Waals surface area contributed by atoms with Crippen molar-refractivity contribution in [3.8, 4) is 0 Å². The molecule has 2 unspecified atom stereocenters. The van der Waals surface area contributed by atoms with Gasteiger partial charge in [0, 0.05) is 24.4 Å². The number of likely N-dealkylation sites (N-methyl/N-ethyl adjacent to an activating group) is 1. The molecule has 2 atom stereocenters. The average Bonchev–Trinajstić information content (AvgIpc) is 2.67. The van der Waals surface area contributed by atoms with E-state index in [9.17, 15) is 0 Å². The minimum absolute atomic E-state index is 0.617. The molecular formula is C10H15N3. The van der Waals surface area contributed by atoms with E-state index in [-0.39, 0.29) is 0 Å². The summed E-state index contributed by atoms with van der Waals surface area (Å²) >= 11 is 0. The highest BCUT2D eigenvalue weighted by Crippen LogP contribution is 2.33. The summed E-state index contributed by atoms with van der Waals surface area (Å²) in [7, 11) is 2.03. The molecule has 1 aliphatic carbocycles. The molecule has 3 nitrogen and oxygen atoms in total. The van der Waals surface area contributed by atoms with Crippen molar-refractivity contribution >= 4 is 0 Å². The van der Waals surface area contributed by atoms with Crippen LogP contribution in [0.5, 0.6) is 0 Å². The molecule has 1 aromatic rings. The Morgan fingerprint density at radius 1 is 1.31 bits per heavy atom. The van der Waals surface area contributed by atoms with Crippen LogP contribution in [-0.2, 0) is 0 Å². The summed E-state index contributed by atoms with van der Waals surface area (Å²) < 4.78 is 0. The topological polar surface area (TPSA) is 37.8 Å². The van der Waals surface area contributed by atoms with Gasteiger partial charge in [0.2, 0.25) is 0 Å². The fraction of sp³-hybridized carbons (Fsp3) is 0.600. The molecule has 0 bridgehead atoms. The lowest BCUT2D eigenvalue weighted by molar-refractivity contribution is 0.520. The minimum atomic E-state index is 0.617. The van der Waals surface area contributed by atoms with Crippen LogP contribution in [0.1, 0.15) is 30.7 Å². The molecule has 0 aliphatic heterocycles. The van der Waals surface area contributed by atoms with E-state index in [1.807, 2.05) is 19.4 Å². The van der Waals surface area contributed by atoms with Crippen LogP contribution in [0.15, 0.2) is 18.7 Å². The van der Waals surface area contributed by atoms with E-state index in [2.05, 4.69) is 15.3 Å². The predicted octanol–water partition coefficient (Wildman–Crippen LogP) is 1.33. The van der Waals surface area contributed by atoms with E-state index in [0.29, 0.717) is 12.0 Å². The molecule has 0 spiro atoms. The zero-order valence-corrected chi connectivity index (χ0v) is 7.90. The number of rotatable bonds is 2. The third-order valence-corrected chi connectivity index (χ3v) is 2.90. The Morgan fingerprint density at radius 2 is 2.08 bits per heavy atom. The van der Waals surface area contributed by atoms with E-state index in [1.54, 1.807) is 6.33 Å². The first-order valence-electron chi connectivity index (χ1n) is 4.84. The third-order valence-electron chi connectivity index (χ3n) is 2.90. The van der Waals surface area contributed by atoms with Crippen LogP contribution in [0.25, 0.3) is 0 Å². The molecule has 1 aromatic heterocycles. The molecule has 70 valence electrons. The molecule has 2 rings (SSSR count). The number of hydrogen-bond donors (Lipinski definition) is 1. The first-order valence-corrected chi connectivity index (χ1v) is 4.84. The fourth-order valence-electron chi connectivity index (χ4n) is 2.21. The van der Waals surface area contributed by atoms with Crippen molar-refractivity contribution in [2.24, 2.45) is 0 Å². The fourth-order valence-corrected chi connectivity index (χ4v) is 2.21. The first-order chi connectivity index (χ1) is 6.42. The summed E-state index contributed by atoms with van der Waals surface area (Å²) in [4.78, 5) is 8.12. The van der Waals surface area contributed by atoms with Gasteiger partial charge in [-0.15, -0.1) is 0 Å². The van der Waals surface area contributed by atoms with Crippen molar-refractivity contribution < 1.29 is 0 Å². The van der Waals surface area contributed by atoms with Crippen molar-refractivity contribution in [3.63, 3.8) is 0 Å². The maximum Gasteiger partial charge on any atom is 0.115 e. The van der Waals surface area contributed by atoms with Crippen LogP contribution in [0.4, 0.5) is 0 Å². The highest BCUT2D eigenvalue weighted by atomic mass is 14.9. The van der Waals surface area contributed by atoms with Gasteiger partial charge in [-0.2, -0.15) is 0 Å². The zero-order valence-electron chi connectivity index (χ0n) is 7.90. The molecule has 3 heteroatoms. The van der Waals surface area contributed by atoms with Gasteiger partial charge >= 0.3 is 0 Å². The maximum absolute atomic E-state index is 4.06. The van der Waals surface area contributed by atoms with Gasteiger partial charge < -0.3 is 5.32 Å². The number of aromatic nitrogens is 2. The van der Waals surface area contributed by atoms with Crippen LogP contribution in [-0.4, -0.2) is 23.1 Å². The van der Waals surface area contributed by atoms with Gasteiger partial charge in [0.1, 0.15) is 6.33 Å². The second-order valence-electron chi connectivity index (χ2n) is 3.60. The van der Waals surface area contributed by atoms with E-state index in [4.69, 9.17) is 0 Å². The number of nitrogens with zero attached hydrogens (tertiary/aromatic N) is 2. The van der Waals surface area contributed by atoms with Gasteiger partial charge in [-0.25, -0.2) is 9.97 Å². The molecular weight excluding hydrogens is 162 g/mol. The predicted molar refractivity (Wildman–Crippen MR) is 51.5 cm³/mol. The Morgan fingerprint density at radius 3 is 2.77 bits per heavy atom. The van der Waals surface area contributed by atoms with Gasteiger partial charge in [0.05, 0.1) is 0 Å². The van der Waals surface area contributed by atoms with E-state index in [0.717, 1.165) is 0 Å². The standard InChI is InChI=1S/C10H15N3/c1-11-10-4-2-3-9(10)8-5-12-7-13-6-8/h5-7,9-11H,2-4H2,1H3. The lowest BCUT2D eigenvalue weighted by Gasteiger charge is -2.18. The summed E-state index contributed by atoms with van der Waals surface area (Å²) in [5, 5.41) is 3.36. The second-order valence-corrected chi connectivity index (χ2v) is 3.60. The average molecular weight is 177 g/mol. The molecule has 0 radical (unpaired) electrons. The summed E-state index contributed by atoms with van der Waals surface area (Å²) in [6.07, 6.45) is 9.31. The Kier molecular flexibility index (Phi) is 2.54. The molecule has 1 fully saturated rings. The van der Waals surface area contributed by atoms with E-state index in [1.165, 1.54) is 24.8 Å². The van der Waals surface area contributed by atoms with Crippen LogP contribution in [0.3, 0.4) is 0 Å². The smallest absolute Gasteiger partial charge is 0.115 e. The molecule has 13 heavy (non-hydrogen) atoms. The van der Waals surface area contributed by atoms with Gasteiger partial charge in [-0.3, -0.25) is 0 Å². The molecule has 1 heterocycles. The van der Waals surface area contributed by atoms with Crippen LogP contribution >= 0.6 is 0 Å². The van der Waals surface area contributed by atoms with Gasteiger partial charge in [0.25, 0.3) is 0 Å². The Bertz CT molecular complexity index is 260. The summed E-state index contributed by atoms with van der Waals surface area (Å²) in [6, 6.07) is 0.617. The van der Waals surface area contributed by atoms with Gasteiger partial charge in [-0.05, 0) is 25.5 Å². The van der Waals surface area contributed by atoms with Crippen LogP contribution in [0.2, 0.25) is 0 Å². The summed E-state index contributed by atoms with van der Waals surface area (Å²) in [5.41, 5.74) is 1.28. The molecule has 1 N–H and O–H groups in total. The van der Waals surface area contributed by atoms with Crippen molar-refractivity contribution in [1.82, 2.24) is 15.3 Å². The Labute approximate surface area is 78.6 Å². The Hall–Kier alpha value is -0.960. The quantitative estimate of drug-likeness (QED) is 0.740. The number of hydrogen-bond acceptors (Lipinski definition) is 3. The van der Waals surface area contributed by atoms with Crippen molar-refractivity contribution in [1.29, 1.82) is 0 Å². The highest BCUT2D eigenvalue weighted by Gasteiger charge is 2.27. The lowest BCUT2D eigenvalue weighted by atomic mass is 9.97. The summed E-state index contributed by atoms with van der Waals surface area (Å²) in [5.74, 6) is 0.617. The van der Waals surface area contributed by atoms with E-state index < -0.39 is 0 Å². The largest absolute Gasteiger partial charge is 0.316 e. The lowest BCUT2D eigenvalue weighted by Crippen LogP contribution is -2.27. The molecule has 0 amide bonds. The maximum atomic E-state index is 4.06. The second kappa shape index (κ2) is 3.83. The van der Waals surface area contributed by atoms with Gasteiger partial charge in [-0.1, -0.05) is 6.42 Å². The highest BCUT2D eigenvalue weighted by molar-refractivity contribution is 5.15. The molecule has 0 saturated heterocycles. The summed E-state index contributed by atoms with van der Waals surface area (Å²) in [6.45, 7) is 0. The monoisotopic (exact) mass is 177 g/mol. The minimum Gasteiger partial charge on any atom is -0.316 e. The zero-order chi connectivity index (χ0) is 9.10. The number of nitrogens with one attached hydrogen (secondary N) is 1. The van der Waals surface area contributed by atoms with Crippen LogP contribution in [0, 0.1) is 0 Å². The first kappa shape index (κ1) is 8.63. The Balaban J connectivity index is 2.16.